The average molecular weight is 802 g/mol. The average Bonchev–Trinajstić information content (AvgIpc) is 3.61. The second-order valence-electron chi connectivity index (χ2n) is 19.3. The highest BCUT2D eigenvalue weighted by Gasteiger charge is 2.47. The highest BCUT2D eigenvalue weighted by atomic mass is 15.1. The standard InChI is InChI=1S/C61H55N/c1-59(2)37-38-60(3,4)58-54(59)29-18-30-56(58)62(49-35-33-44(34-36-49)42-19-8-5-9-20-42)57-41-55-52(40-51(57)46-32-31-43-21-14-15-22-45(43)39-46)50-27-16-17-28-53(50)61(55,47-23-10-6-11-24-47)48-25-12-7-13-26-48/h5-13,16-20,23-36,39-41H,14-15,21-22,37-38H2,1-4H3. The first-order valence-corrected chi connectivity index (χ1v) is 22.9. The molecular formula is C61H55N. The lowest BCUT2D eigenvalue weighted by Gasteiger charge is -2.45. The molecule has 1 nitrogen and oxygen atoms in total. The molecule has 0 saturated carbocycles. The molecule has 0 amide bonds. The van der Waals surface area contributed by atoms with Crippen molar-refractivity contribution >= 4 is 17.1 Å². The first kappa shape index (κ1) is 38.5. The maximum atomic E-state index is 2.65. The third-order valence-corrected chi connectivity index (χ3v) is 14.8. The van der Waals surface area contributed by atoms with Crippen LogP contribution < -0.4 is 4.90 Å². The van der Waals surface area contributed by atoms with Gasteiger partial charge >= 0.3 is 0 Å². The van der Waals surface area contributed by atoms with Crippen molar-refractivity contribution in [3.05, 3.63) is 233 Å². The SMILES string of the molecule is CC1(C)CCC(C)(C)c2c(N(c3ccc(-c4ccccc4)cc3)c3cc4c(cc3-c3ccc5c(c3)CCCC5)-c3ccccc3C4(c3ccccc3)c3ccccc3)cccc21. The Balaban J connectivity index is 1.27. The molecule has 0 bridgehead atoms. The highest BCUT2D eigenvalue weighted by molar-refractivity contribution is 5.97. The minimum atomic E-state index is -0.530. The van der Waals surface area contributed by atoms with Crippen LogP contribution in [0.1, 0.15) is 97.9 Å². The summed E-state index contributed by atoms with van der Waals surface area (Å²) >= 11 is 0. The van der Waals surface area contributed by atoms with Gasteiger partial charge in [-0.25, -0.2) is 0 Å². The van der Waals surface area contributed by atoms with Gasteiger partial charge in [0.05, 0.1) is 16.8 Å². The number of anilines is 3. The summed E-state index contributed by atoms with van der Waals surface area (Å²) in [6.07, 6.45) is 7.11. The lowest BCUT2D eigenvalue weighted by molar-refractivity contribution is 0.332. The van der Waals surface area contributed by atoms with E-state index in [2.05, 4.69) is 221 Å². The van der Waals surface area contributed by atoms with Crippen LogP contribution >= 0.6 is 0 Å². The van der Waals surface area contributed by atoms with Crippen molar-refractivity contribution in [2.24, 2.45) is 0 Å². The quantitative estimate of drug-likeness (QED) is 0.155. The zero-order valence-electron chi connectivity index (χ0n) is 36.6. The Morgan fingerprint density at radius 2 is 0.968 bits per heavy atom. The summed E-state index contributed by atoms with van der Waals surface area (Å²) in [5.74, 6) is 0. The molecule has 3 aliphatic rings. The molecule has 1 heteroatoms. The van der Waals surface area contributed by atoms with Crippen molar-refractivity contribution in [2.45, 2.75) is 82.5 Å². The molecule has 8 aromatic rings. The Morgan fingerprint density at radius 3 is 1.68 bits per heavy atom. The Morgan fingerprint density at radius 1 is 0.387 bits per heavy atom. The molecule has 0 atom stereocenters. The Kier molecular flexibility index (Phi) is 9.24. The molecule has 0 saturated heterocycles. The topological polar surface area (TPSA) is 3.24 Å². The van der Waals surface area contributed by atoms with Crippen LogP contribution in [0.3, 0.4) is 0 Å². The summed E-state index contributed by atoms with van der Waals surface area (Å²) in [5.41, 5.74) is 21.9. The Bertz CT molecular complexity index is 2900. The maximum Gasteiger partial charge on any atom is 0.0714 e. The summed E-state index contributed by atoms with van der Waals surface area (Å²) in [4.78, 5) is 2.65. The third-order valence-electron chi connectivity index (χ3n) is 14.8. The van der Waals surface area contributed by atoms with Gasteiger partial charge in [0.2, 0.25) is 0 Å². The van der Waals surface area contributed by atoms with Crippen molar-refractivity contribution in [1.82, 2.24) is 0 Å². The predicted molar refractivity (Wildman–Crippen MR) is 261 cm³/mol. The van der Waals surface area contributed by atoms with E-state index in [0.717, 1.165) is 31.4 Å². The minimum absolute atomic E-state index is 0.0273. The van der Waals surface area contributed by atoms with E-state index in [1.54, 1.807) is 0 Å². The zero-order chi connectivity index (χ0) is 42.1. The minimum Gasteiger partial charge on any atom is -0.310 e. The number of hydrogen-bond acceptors (Lipinski definition) is 1. The second kappa shape index (κ2) is 14.9. The number of nitrogens with zero attached hydrogens (tertiary/aromatic N) is 1. The molecule has 0 aliphatic heterocycles. The van der Waals surface area contributed by atoms with Crippen LogP contribution in [-0.2, 0) is 29.1 Å². The van der Waals surface area contributed by atoms with Crippen molar-refractivity contribution in [3.8, 4) is 33.4 Å². The molecule has 0 radical (unpaired) electrons. The summed E-state index contributed by atoms with van der Waals surface area (Å²) in [6, 6.07) is 71.6. The molecule has 0 aromatic heterocycles. The molecule has 11 rings (SSSR count). The summed E-state index contributed by atoms with van der Waals surface area (Å²) in [7, 11) is 0. The summed E-state index contributed by atoms with van der Waals surface area (Å²) in [5, 5.41) is 0. The van der Waals surface area contributed by atoms with Crippen molar-refractivity contribution in [2.75, 3.05) is 4.90 Å². The largest absolute Gasteiger partial charge is 0.310 e. The molecule has 0 fully saturated rings. The van der Waals surface area contributed by atoms with Crippen molar-refractivity contribution < 1.29 is 0 Å². The van der Waals surface area contributed by atoms with Crippen LogP contribution in [-0.4, -0.2) is 0 Å². The number of benzene rings is 8. The molecular weight excluding hydrogens is 747 g/mol. The zero-order valence-corrected chi connectivity index (χ0v) is 36.6. The summed E-state index contributed by atoms with van der Waals surface area (Å²) in [6.45, 7) is 9.84. The molecule has 0 unspecified atom stereocenters. The Hall–Kier alpha value is -6.44. The third kappa shape index (κ3) is 6.11. The second-order valence-corrected chi connectivity index (χ2v) is 19.3. The predicted octanol–water partition coefficient (Wildman–Crippen LogP) is 16.1. The van der Waals surface area contributed by atoms with Crippen LogP contribution in [0, 0.1) is 0 Å². The van der Waals surface area contributed by atoms with Gasteiger partial charge in [0.25, 0.3) is 0 Å². The van der Waals surface area contributed by atoms with Gasteiger partial charge in [0.15, 0.2) is 0 Å². The van der Waals surface area contributed by atoms with Crippen LogP contribution in [0.25, 0.3) is 33.4 Å². The fraction of sp³-hybridized carbons (Fsp3) is 0.213. The van der Waals surface area contributed by atoms with Gasteiger partial charge in [-0.15, -0.1) is 0 Å². The van der Waals surface area contributed by atoms with Crippen molar-refractivity contribution in [1.29, 1.82) is 0 Å². The number of hydrogen-bond donors (Lipinski definition) is 0. The molecule has 304 valence electrons. The molecule has 62 heavy (non-hydrogen) atoms. The highest BCUT2D eigenvalue weighted by Crippen LogP contribution is 2.60. The molecule has 0 spiro atoms. The lowest BCUT2D eigenvalue weighted by Crippen LogP contribution is -2.35. The van der Waals surface area contributed by atoms with Gasteiger partial charge in [-0.1, -0.05) is 185 Å². The maximum absolute atomic E-state index is 2.65. The first-order chi connectivity index (χ1) is 30.2. The molecule has 3 aliphatic carbocycles. The van der Waals surface area contributed by atoms with Crippen LogP contribution in [0.15, 0.2) is 188 Å². The van der Waals surface area contributed by atoms with Gasteiger partial charge < -0.3 is 4.90 Å². The number of aryl methyl sites for hydroxylation is 2. The normalized spacial score (nSPS) is 16.4. The molecule has 8 aromatic carbocycles. The molecule has 0 N–H and O–H groups in total. The summed E-state index contributed by atoms with van der Waals surface area (Å²) < 4.78 is 0. The number of fused-ring (bicyclic) bond motifs is 5. The van der Waals surface area contributed by atoms with Crippen LogP contribution in [0.2, 0.25) is 0 Å². The van der Waals surface area contributed by atoms with E-state index in [9.17, 15) is 0 Å². The van der Waals surface area contributed by atoms with Gasteiger partial charge in [0.1, 0.15) is 0 Å². The van der Waals surface area contributed by atoms with E-state index < -0.39 is 5.41 Å². The van der Waals surface area contributed by atoms with E-state index in [-0.39, 0.29) is 10.8 Å². The monoisotopic (exact) mass is 801 g/mol. The van der Waals surface area contributed by atoms with E-state index in [0.29, 0.717) is 0 Å². The van der Waals surface area contributed by atoms with Crippen LogP contribution in [0.4, 0.5) is 17.1 Å². The number of rotatable bonds is 7. The first-order valence-electron chi connectivity index (χ1n) is 22.9. The van der Waals surface area contributed by atoms with Gasteiger partial charge in [0, 0.05) is 11.3 Å². The van der Waals surface area contributed by atoms with Gasteiger partial charge in [-0.05, 0) is 152 Å². The van der Waals surface area contributed by atoms with Crippen molar-refractivity contribution in [3.63, 3.8) is 0 Å². The molecule has 0 heterocycles. The van der Waals surface area contributed by atoms with Gasteiger partial charge in [-0.3, -0.25) is 0 Å². The Labute approximate surface area is 368 Å². The smallest absolute Gasteiger partial charge is 0.0714 e. The van der Waals surface area contributed by atoms with E-state index in [1.807, 2.05) is 0 Å². The fourth-order valence-electron chi connectivity index (χ4n) is 11.5. The fourth-order valence-corrected chi connectivity index (χ4v) is 11.5. The van der Waals surface area contributed by atoms with E-state index in [4.69, 9.17) is 0 Å². The van der Waals surface area contributed by atoms with Gasteiger partial charge in [-0.2, -0.15) is 0 Å². The van der Waals surface area contributed by atoms with E-state index in [1.165, 1.54) is 102 Å². The lowest BCUT2D eigenvalue weighted by atomic mass is 9.62. The van der Waals surface area contributed by atoms with Crippen LogP contribution in [0.5, 0.6) is 0 Å². The van der Waals surface area contributed by atoms with E-state index >= 15 is 0 Å².